The molecule has 0 unspecified atom stereocenters. The SMILES string of the molecule is COC(=O)c1c(C)c(Cl)c(C)c(-c2ccccc2)c1O. The van der Waals surface area contributed by atoms with E-state index in [1.807, 2.05) is 37.3 Å². The Hall–Kier alpha value is -2.00. The second-order valence-corrected chi connectivity index (χ2v) is 4.90. The van der Waals surface area contributed by atoms with Crippen molar-refractivity contribution in [2.75, 3.05) is 7.11 Å². The number of carbonyl (C=O) groups is 1. The van der Waals surface area contributed by atoms with E-state index >= 15 is 0 Å². The standard InChI is InChI=1S/C16H15ClO3/c1-9-12(11-7-5-4-6-8-11)15(18)13(16(19)20-3)10(2)14(9)17/h4-8,18H,1-3H3. The molecule has 104 valence electrons. The Labute approximate surface area is 122 Å². The monoisotopic (exact) mass is 290 g/mol. The zero-order valence-electron chi connectivity index (χ0n) is 11.5. The van der Waals surface area contributed by atoms with E-state index in [4.69, 9.17) is 16.3 Å². The Morgan fingerprint density at radius 2 is 1.75 bits per heavy atom. The fraction of sp³-hybridized carbons (Fsp3) is 0.188. The second kappa shape index (κ2) is 5.55. The molecule has 0 saturated heterocycles. The van der Waals surface area contributed by atoms with Crippen LogP contribution in [0, 0.1) is 13.8 Å². The van der Waals surface area contributed by atoms with Gasteiger partial charge in [0.1, 0.15) is 11.3 Å². The molecule has 2 aromatic carbocycles. The molecule has 0 fully saturated rings. The zero-order chi connectivity index (χ0) is 14.9. The maximum absolute atomic E-state index is 11.9. The van der Waals surface area contributed by atoms with Gasteiger partial charge in [-0.05, 0) is 30.5 Å². The van der Waals surface area contributed by atoms with E-state index in [9.17, 15) is 9.90 Å². The van der Waals surface area contributed by atoms with Crippen LogP contribution >= 0.6 is 11.6 Å². The smallest absolute Gasteiger partial charge is 0.341 e. The highest BCUT2D eigenvalue weighted by Crippen LogP contribution is 2.41. The van der Waals surface area contributed by atoms with Gasteiger partial charge in [-0.3, -0.25) is 0 Å². The van der Waals surface area contributed by atoms with Crippen molar-refractivity contribution in [3.05, 3.63) is 52.0 Å². The van der Waals surface area contributed by atoms with Crippen LogP contribution in [0.4, 0.5) is 0 Å². The molecule has 2 aromatic rings. The number of phenols is 1. The van der Waals surface area contributed by atoms with Gasteiger partial charge < -0.3 is 9.84 Å². The minimum absolute atomic E-state index is 0.0950. The molecule has 0 bridgehead atoms. The molecule has 0 atom stereocenters. The molecule has 0 aliphatic rings. The largest absolute Gasteiger partial charge is 0.506 e. The number of halogens is 1. The predicted molar refractivity (Wildman–Crippen MR) is 79.4 cm³/mol. The first-order valence-corrected chi connectivity index (χ1v) is 6.52. The molecule has 0 spiro atoms. The third-order valence-corrected chi connectivity index (χ3v) is 3.90. The van der Waals surface area contributed by atoms with E-state index < -0.39 is 5.97 Å². The van der Waals surface area contributed by atoms with Crippen molar-refractivity contribution in [3.8, 4) is 16.9 Å². The third kappa shape index (κ3) is 2.25. The Morgan fingerprint density at radius 1 is 1.15 bits per heavy atom. The summed E-state index contributed by atoms with van der Waals surface area (Å²) in [5, 5.41) is 10.9. The normalized spacial score (nSPS) is 10.4. The highest BCUT2D eigenvalue weighted by atomic mass is 35.5. The molecular formula is C16H15ClO3. The number of carbonyl (C=O) groups excluding carboxylic acids is 1. The minimum atomic E-state index is -0.598. The molecule has 4 heteroatoms. The number of hydrogen-bond donors (Lipinski definition) is 1. The van der Waals surface area contributed by atoms with Crippen LogP contribution in [0.2, 0.25) is 5.02 Å². The number of rotatable bonds is 2. The summed E-state index contributed by atoms with van der Waals surface area (Å²) in [5.74, 6) is -0.693. The molecule has 0 aliphatic carbocycles. The molecule has 20 heavy (non-hydrogen) atoms. The average molecular weight is 291 g/mol. The van der Waals surface area contributed by atoms with Crippen LogP contribution in [0.1, 0.15) is 21.5 Å². The van der Waals surface area contributed by atoms with E-state index in [0.717, 1.165) is 11.1 Å². The van der Waals surface area contributed by atoms with Gasteiger partial charge in [-0.15, -0.1) is 0 Å². The van der Waals surface area contributed by atoms with Crippen molar-refractivity contribution < 1.29 is 14.6 Å². The van der Waals surface area contributed by atoms with Crippen LogP contribution in [0.5, 0.6) is 5.75 Å². The molecular weight excluding hydrogens is 276 g/mol. The van der Waals surface area contributed by atoms with E-state index in [0.29, 0.717) is 16.1 Å². The summed E-state index contributed by atoms with van der Waals surface area (Å²) in [6, 6.07) is 9.32. The summed E-state index contributed by atoms with van der Waals surface area (Å²) in [6.07, 6.45) is 0. The fourth-order valence-corrected chi connectivity index (χ4v) is 2.48. The summed E-state index contributed by atoms with van der Waals surface area (Å²) >= 11 is 6.29. The summed E-state index contributed by atoms with van der Waals surface area (Å²) < 4.78 is 4.73. The lowest BCUT2D eigenvalue weighted by Crippen LogP contribution is -2.07. The highest BCUT2D eigenvalue weighted by molar-refractivity contribution is 6.33. The number of esters is 1. The number of phenolic OH excluding ortho intramolecular Hbond substituents is 1. The van der Waals surface area contributed by atoms with Crippen LogP contribution in [-0.2, 0) is 4.74 Å². The number of ether oxygens (including phenoxy) is 1. The van der Waals surface area contributed by atoms with Crippen molar-refractivity contribution in [1.82, 2.24) is 0 Å². The highest BCUT2D eigenvalue weighted by Gasteiger charge is 2.24. The fourth-order valence-electron chi connectivity index (χ4n) is 2.29. The van der Waals surface area contributed by atoms with Gasteiger partial charge in [0, 0.05) is 10.6 Å². The minimum Gasteiger partial charge on any atom is -0.506 e. The van der Waals surface area contributed by atoms with Gasteiger partial charge in [-0.2, -0.15) is 0 Å². The Kier molecular flexibility index (Phi) is 4.00. The van der Waals surface area contributed by atoms with Crippen LogP contribution in [-0.4, -0.2) is 18.2 Å². The predicted octanol–water partition coefficient (Wildman–Crippen LogP) is 4.12. The van der Waals surface area contributed by atoms with Crippen molar-refractivity contribution in [3.63, 3.8) is 0 Å². The maximum Gasteiger partial charge on any atom is 0.341 e. The second-order valence-electron chi connectivity index (χ2n) is 4.52. The van der Waals surface area contributed by atoms with Crippen LogP contribution < -0.4 is 0 Å². The zero-order valence-corrected chi connectivity index (χ0v) is 12.3. The number of hydrogen-bond acceptors (Lipinski definition) is 3. The number of benzene rings is 2. The lowest BCUT2D eigenvalue weighted by Gasteiger charge is -2.17. The van der Waals surface area contributed by atoms with Gasteiger partial charge in [0.25, 0.3) is 0 Å². The lowest BCUT2D eigenvalue weighted by molar-refractivity contribution is 0.0596. The van der Waals surface area contributed by atoms with E-state index in [2.05, 4.69) is 0 Å². The van der Waals surface area contributed by atoms with Crippen molar-refractivity contribution in [2.45, 2.75) is 13.8 Å². The molecule has 0 saturated carbocycles. The van der Waals surface area contributed by atoms with E-state index in [1.54, 1.807) is 6.92 Å². The first kappa shape index (κ1) is 14.4. The quantitative estimate of drug-likeness (QED) is 0.847. The van der Waals surface area contributed by atoms with Gasteiger partial charge in [-0.1, -0.05) is 41.9 Å². The molecule has 0 aromatic heterocycles. The summed E-state index contributed by atoms with van der Waals surface area (Å²) in [4.78, 5) is 11.9. The van der Waals surface area contributed by atoms with Gasteiger partial charge in [0.15, 0.2) is 0 Å². The van der Waals surface area contributed by atoms with Gasteiger partial charge in [-0.25, -0.2) is 4.79 Å². The Bertz CT molecular complexity index is 663. The Balaban J connectivity index is 2.82. The molecule has 3 nitrogen and oxygen atoms in total. The summed E-state index contributed by atoms with van der Waals surface area (Å²) in [5.41, 5.74) is 2.73. The van der Waals surface area contributed by atoms with Gasteiger partial charge in [0.05, 0.1) is 7.11 Å². The first-order chi connectivity index (χ1) is 9.49. The first-order valence-electron chi connectivity index (χ1n) is 6.14. The van der Waals surface area contributed by atoms with Gasteiger partial charge in [0.2, 0.25) is 0 Å². The maximum atomic E-state index is 11.9. The molecule has 0 heterocycles. The average Bonchev–Trinajstić information content (AvgIpc) is 2.46. The molecule has 1 N–H and O–H groups in total. The topological polar surface area (TPSA) is 46.5 Å². The molecule has 0 aliphatic heterocycles. The van der Waals surface area contributed by atoms with Crippen LogP contribution in [0.15, 0.2) is 30.3 Å². The van der Waals surface area contributed by atoms with Crippen molar-refractivity contribution >= 4 is 17.6 Å². The molecule has 2 rings (SSSR count). The molecule has 0 radical (unpaired) electrons. The third-order valence-electron chi connectivity index (χ3n) is 3.33. The Morgan fingerprint density at radius 3 is 2.30 bits per heavy atom. The van der Waals surface area contributed by atoms with Crippen LogP contribution in [0.3, 0.4) is 0 Å². The summed E-state index contributed by atoms with van der Waals surface area (Å²) in [6.45, 7) is 3.51. The van der Waals surface area contributed by atoms with Gasteiger partial charge >= 0.3 is 5.97 Å². The van der Waals surface area contributed by atoms with E-state index in [-0.39, 0.29) is 11.3 Å². The molecule has 0 amide bonds. The summed E-state index contributed by atoms with van der Waals surface area (Å²) in [7, 11) is 1.27. The van der Waals surface area contributed by atoms with Crippen molar-refractivity contribution in [2.24, 2.45) is 0 Å². The lowest BCUT2D eigenvalue weighted by atomic mass is 9.93. The van der Waals surface area contributed by atoms with Crippen molar-refractivity contribution in [1.29, 1.82) is 0 Å². The number of methoxy groups -OCH3 is 1. The van der Waals surface area contributed by atoms with E-state index in [1.165, 1.54) is 7.11 Å². The van der Waals surface area contributed by atoms with Crippen LogP contribution in [0.25, 0.3) is 11.1 Å². The number of aromatic hydroxyl groups is 1.